The summed E-state index contributed by atoms with van der Waals surface area (Å²) in [7, 11) is 4.02. The molecule has 3 N–H and O–H groups in total. The molecular weight excluding hydrogens is 516 g/mol. The molecule has 0 bridgehead atoms. The number of nitrogens with zero attached hydrogens (tertiary/aromatic N) is 3. The standard InChI is InChI=1S/C32H44N6O3/c1-5-41-29-13-12-24(20-36(3)4)18-28(29)34-31(39)30(22(2)26-19-33-27-9-7-6-8-25(26)27)35-32(40)38-16-14-37(15-17-38)21-23-10-11-23/h6-9,12-13,18-19,22-23,30,33H,5,10-11,14-17,20-21H2,1-4H3,(H,34,39)(H,35,40)/t22-,30-/m1/s1. The van der Waals surface area contributed by atoms with E-state index in [0.29, 0.717) is 31.1 Å². The molecule has 2 atom stereocenters. The number of nitrogens with one attached hydrogen (secondary N) is 3. The van der Waals surface area contributed by atoms with E-state index in [4.69, 9.17) is 4.74 Å². The fraction of sp³-hybridized carbons (Fsp3) is 0.500. The number of hydrogen-bond acceptors (Lipinski definition) is 5. The Balaban J connectivity index is 1.37. The van der Waals surface area contributed by atoms with Crippen LogP contribution in [0.4, 0.5) is 10.5 Å². The van der Waals surface area contributed by atoms with Crippen molar-refractivity contribution in [1.82, 2.24) is 25.0 Å². The summed E-state index contributed by atoms with van der Waals surface area (Å²) in [6.07, 6.45) is 4.60. The topological polar surface area (TPSA) is 92.9 Å². The van der Waals surface area contributed by atoms with Gasteiger partial charge in [-0.05, 0) is 69.1 Å². The van der Waals surface area contributed by atoms with Crippen LogP contribution in [0.15, 0.2) is 48.7 Å². The SMILES string of the molecule is CCOc1ccc(CN(C)C)cc1NC(=O)[C@H](NC(=O)N1CCN(CC2CC2)CC1)[C@H](C)c1c[nH]c2ccccc12. The van der Waals surface area contributed by atoms with E-state index in [1.807, 2.05) is 81.5 Å². The van der Waals surface area contributed by atoms with Gasteiger partial charge in [-0.2, -0.15) is 0 Å². The van der Waals surface area contributed by atoms with Crippen LogP contribution in [-0.2, 0) is 11.3 Å². The van der Waals surface area contributed by atoms with Crippen molar-refractivity contribution in [3.63, 3.8) is 0 Å². The van der Waals surface area contributed by atoms with Gasteiger partial charge < -0.3 is 30.2 Å². The minimum Gasteiger partial charge on any atom is -0.492 e. The first-order chi connectivity index (χ1) is 19.8. The molecule has 1 aliphatic carbocycles. The number of benzene rings is 2. The van der Waals surface area contributed by atoms with Crippen molar-refractivity contribution < 1.29 is 14.3 Å². The molecule has 220 valence electrons. The Morgan fingerprint density at radius 2 is 1.85 bits per heavy atom. The van der Waals surface area contributed by atoms with E-state index >= 15 is 0 Å². The average Bonchev–Trinajstić information content (AvgIpc) is 3.67. The van der Waals surface area contributed by atoms with E-state index in [1.54, 1.807) is 0 Å². The number of rotatable bonds is 11. The highest BCUT2D eigenvalue weighted by molar-refractivity contribution is 5.99. The molecule has 3 aromatic rings. The number of aromatic nitrogens is 1. The Morgan fingerprint density at radius 3 is 2.56 bits per heavy atom. The van der Waals surface area contributed by atoms with Crippen molar-refractivity contribution in [2.45, 2.75) is 45.2 Å². The van der Waals surface area contributed by atoms with Gasteiger partial charge in [0.15, 0.2) is 0 Å². The molecule has 5 rings (SSSR count). The van der Waals surface area contributed by atoms with Crippen LogP contribution in [0.3, 0.4) is 0 Å². The Morgan fingerprint density at radius 1 is 1.10 bits per heavy atom. The van der Waals surface area contributed by atoms with Crippen molar-refractivity contribution in [2.75, 3.05) is 58.7 Å². The highest BCUT2D eigenvalue weighted by atomic mass is 16.5. The summed E-state index contributed by atoms with van der Waals surface area (Å²) in [5.41, 5.74) is 3.65. The highest BCUT2D eigenvalue weighted by Crippen LogP contribution is 2.32. The fourth-order valence-corrected chi connectivity index (χ4v) is 5.72. The molecule has 2 aliphatic rings. The average molecular weight is 561 g/mol. The zero-order valence-electron chi connectivity index (χ0n) is 24.8. The van der Waals surface area contributed by atoms with Gasteiger partial charge in [-0.3, -0.25) is 9.69 Å². The summed E-state index contributed by atoms with van der Waals surface area (Å²) < 4.78 is 5.85. The molecule has 41 heavy (non-hydrogen) atoms. The number of anilines is 1. The van der Waals surface area contributed by atoms with Crippen LogP contribution in [0.2, 0.25) is 0 Å². The number of carbonyl (C=O) groups is 2. The maximum absolute atomic E-state index is 14.0. The van der Waals surface area contributed by atoms with Crippen molar-refractivity contribution in [2.24, 2.45) is 5.92 Å². The summed E-state index contributed by atoms with van der Waals surface area (Å²) in [6.45, 7) is 9.33. The second-order valence-corrected chi connectivity index (χ2v) is 11.7. The van der Waals surface area contributed by atoms with Crippen LogP contribution in [0.1, 0.15) is 43.7 Å². The molecular formula is C32H44N6O3. The van der Waals surface area contributed by atoms with Gasteiger partial charge in [0.1, 0.15) is 11.8 Å². The van der Waals surface area contributed by atoms with Crippen LogP contribution < -0.4 is 15.4 Å². The third-order valence-electron chi connectivity index (χ3n) is 8.15. The number of H-pyrrole nitrogens is 1. The normalized spacial score (nSPS) is 17.4. The van der Waals surface area contributed by atoms with Gasteiger partial charge in [0.05, 0.1) is 12.3 Å². The number of para-hydroxylation sites is 1. The second-order valence-electron chi connectivity index (χ2n) is 11.7. The monoisotopic (exact) mass is 560 g/mol. The molecule has 9 heteroatoms. The molecule has 9 nitrogen and oxygen atoms in total. The number of carbonyl (C=O) groups excluding carboxylic acids is 2. The third-order valence-corrected chi connectivity index (χ3v) is 8.15. The second kappa shape index (κ2) is 13.0. The Bertz CT molecular complexity index is 1340. The molecule has 0 spiro atoms. The number of ether oxygens (including phenoxy) is 1. The third kappa shape index (κ3) is 7.21. The van der Waals surface area contributed by atoms with Gasteiger partial charge in [-0.1, -0.05) is 31.2 Å². The first-order valence-electron chi connectivity index (χ1n) is 14.9. The van der Waals surface area contributed by atoms with Gasteiger partial charge in [-0.25, -0.2) is 4.79 Å². The number of hydrogen-bond donors (Lipinski definition) is 3. The lowest BCUT2D eigenvalue weighted by Crippen LogP contribution is -2.56. The van der Waals surface area contributed by atoms with Gasteiger partial charge in [0, 0.05) is 62.3 Å². The summed E-state index contributed by atoms with van der Waals surface area (Å²) in [5, 5.41) is 7.27. The molecule has 2 aromatic carbocycles. The van der Waals surface area contributed by atoms with Crippen LogP contribution in [0.5, 0.6) is 5.75 Å². The molecule has 0 unspecified atom stereocenters. The summed E-state index contributed by atoms with van der Waals surface area (Å²) in [4.78, 5) is 37.3. The first-order valence-corrected chi connectivity index (χ1v) is 14.9. The Hall–Kier alpha value is -3.56. The molecule has 1 saturated carbocycles. The number of amides is 3. The van der Waals surface area contributed by atoms with E-state index in [0.717, 1.165) is 54.1 Å². The Labute approximate surface area is 243 Å². The zero-order valence-corrected chi connectivity index (χ0v) is 24.8. The van der Waals surface area contributed by atoms with Crippen molar-refractivity contribution in [1.29, 1.82) is 0 Å². The van der Waals surface area contributed by atoms with Crippen LogP contribution in [0, 0.1) is 5.92 Å². The predicted molar refractivity (Wildman–Crippen MR) is 163 cm³/mol. The lowest BCUT2D eigenvalue weighted by molar-refractivity contribution is -0.118. The molecule has 2 heterocycles. The maximum Gasteiger partial charge on any atom is 0.318 e. The van der Waals surface area contributed by atoms with Gasteiger partial charge in [0.2, 0.25) is 5.91 Å². The van der Waals surface area contributed by atoms with Crippen molar-refractivity contribution in [3.05, 3.63) is 59.8 Å². The highest BCUT2D eigenvalue weighted by Gasteiger charge is 2.33. The number of urea groups is 1. The lowest BCUT2D eigenvalue weighted by atomic mass is 9.92. The van der Waals surface area contributed by atoms with E-state index in [9.17, 15) is 9.59 Å². The first kappa shape index (κ1) is 29.0. The zero-order chi connectivity index (χ0) is 28.9. The molecule has 1 saturated heterocycles. The summed E-state index contributed by atoms with van der Waals surface area (Å²) >= 11 is 0. The molecule has 1 aromatic heterocycles. The lowest BCUT2D eigenvalue weighted by Gasteiger charge is -2.36. The van der Waals surface area contributed by atoms with E-state index in [-0.39, 0.29) is 17.9 Å². The van der Waals surface area contributed by atoms with Gasteiger partial charge in [-0.15, -0.1) is 0 Å². The number of fused-ring (bicyclic) bond motifs is 1. The van der Waals surface area contributed by atoms with Crippen molar-refractivity contribution >= 4 is 28.5 Å². The van der Waals surface area contributed by atoms with E-state index in [2.05, 4.69) is 25.4 Å². The fourth-order valence-electron chi connectivity index (χ4n) is 5.72. The van der Waals surface area contributed by atoms with E-state index < -0.39 is 6.04 Å². The largest absolute Gasteiger partial charge is 0.492 e. The minimum absolute atomic E-state index is 0.200. The van der Waals surface area contributed by atoms with E-state index in [1.165, 1.54) is 12.8 Å². The summed E-state index contributed by atoms with van der Waals surface area (Å²) in [5.74, 6) is 0.886. The van der Waals surface area contributed by atoms with Crippen LogP contribution >= 0.6 is 0 Å². The quantitative estimate of drug-likeness (QED) is 0.322. The maximum atomic E-state index is 14.0. The predicted octanol–water partition coefficient (Wildman–Crippen LogP) is 4.48. The minimum atomic E-state index is -0.793. The molecule has 0 radical (unpaired) electrons. The van der Waals surface area contributed by atoms with Crippen LogP contribution in [0.25, 0.3) is 10.9 Å². The van der Waals surface area contributed by atoms with Crippen molar-refractivity contribution in [3.8, 4) is 5.75 Å². The van der Waals surface area contributed by atoms with Crippen LogP contribution in [-0.4, -0.2) is 91.1 Å². The number of aromatic amines is 1. The van der Waals surface area contributed by atoms with Gasteiger partial charge >= 0.3 is 6.03 Å². The Kier molecular flexibility index (Phi) is 9.15. The molecule has 2 fully saturated rings. The number of piperazine rings is 1. The van der Waals surface area contributed by atoms with Gasteiger partial charge in [0.25, 0.3) is 0 Å². The smallest absolute Gasteiger partial charge is 0.318 e. The molecule has 3 amide bonds. The summed E-state index contributed by atoms with van der Waals surface area (Å²) in [6, 6.07) is 12.9. The molecule has 1 aliphatic heterocycles.